The van der Waals surface area contributed by atoms with Crippen molar-refractivity contribution in [1.29, 1.82) is 0 Å². The maximum atomic E-state index is 12.9. The highest BCUT2D eigenvalue weighted by Crippen LogP contribution is 2.37. The molecule has 1 atom stereocenters. The van der Waals surface area contributed by atoms with Crippen LogP contribution in [0.4, 0.5) is 5.69 Å². The molecule has 0 bridgehead atoms. The number of hydrogen-bond acceptors (Lipinski definition) is 4. The monoisotopic (exact) mass is 401 g/mol. The van der Waals surface area contributed by atoms with E-state index in [1.54, 1.807) is 11.8 Å². The maximum Gasteiger partial charge on any atom is 0.251 e. The van der Waals surface area contributed by atoms with Gasteiger partial charge in [-0.2, -0.15) is 0 Å². The molecule has 1 aliphatic carbocycles. The zero-order valence-corrected chi connectivity index (χ0v) is 17.6. The van der Waals surface area contributed by atoms with E-state index < -0.39 is 0 Å². The van der Waals surface area contributed by atoms with Crippen LogP contribution >= 0.6 is 11.8 Å². The molecule has 4 rings (SSSR count). The van der Waals surface area contributed by atoms with Crippen LogP contribution in [-0.4, -0.2) is 47.1 Å². The first-order valence-electron chi connectivity index (χ1n) is 10.7. The quantitative estimate of drug-likeness (QED) is 0.799. The lowest BCUT2D eigenvalue weighted by Crippen LogP contribution is -2.58. The van der Waals surface area contributed by atoms with Crippen LogP contribution in [0.2, 0.25) is 0 Å². The third-order valence-electron chi connectivity index (χ3n) is 6.56. The fraction of sp³-hybridized carbons (Fsp3) is 0.636. The van der Waals surface area contributed by atoms with Crippen molar-refractivity contribution in [1.82, 2.24) is 10.2 Å². The van der Waals surface area contributed by atoms with Crippen molar-refractivity contribution in [3.63, 3.8) is 0 Å². The van der Waals surface area contributed by atoms with Crippen LogP contribution < -0.4 is 10.6 Å². The minimum Gasteiger partial charge on any atom is -0.350 e. The number of fused-ring (bicyclic) bond motifs is 1. The summed E-state index contributed by atoms with van der Waals surface area (Å²) in [6, 6.07) is 5.64. The lowest BCUT2D eigenvalue weighted by atomic mass is 9.79. The summed E-state index contributed by atoms with van der Waals surface area (Å²) in [6.07, 6.45) is 10.1. The van der Waals surface area contributed by atoms with Gasteiger partial charge in [-0.3, -0.25) is 14.5 Å². The average molecular weight is 402 g/mol. The summed E-state index contributed by atoms with van der Waals surface area (Å²) >= 11 is 1.54. The van der Waals surface area contributed by atoms with Crippen LogP contribution in [0, 0.1) is 0 Å². The number of amides is 2. The van der Waals surface area contributed by atoms with Crippen LogP contribution in [0.5, 0.6) is 0 Å². The zero-order valence-electron chi connectivity index (χ0n) is 16.8. The van der Waals surface area contributed by atoms with E-state index in [0.717, 1.165) is 30.2 Å². The van der Waals surface area contributed by atoms with Crippen molar-refractivity contribution in [3.8, 4) is 0 Å². The molecule has 1 unspecified atom stereocenters. The average Bonchev–Trinajstić information content (AvgIpc) is 2.74. The molecular formula is C22H31N3O2S. The summed E-state index contributed by atoms with van der Waals surface area (Å²) in [5.41, 5.74) is 1.50. The molecule has 2 amide bonds. The summed E-state index contributed by atoms with van der Waals surface area (Å²) < 4.78 is 0. The van der Waals surface area contributed by atoms with Gasteiger partial charge in [0.25, 0.3) is 5.91 Å². The lowest BCUT2D eigenvalue weighted by Gasteiger charge is -2.48. The minimum atomic E-state index is -0.0946. The first-order chi connectivity index (χ1) is 13.6. The number of anilines is 1. The molecule has 2 aliphatic heterocycles. The second-order valence-electron chi connectivity index (χ2n) is 8.48. The van der Waals surface area contributed by atoms with Gasteiger partial charge in [0.2, 0.25) is 5.91 Å². The van der Waals surface area contributed by atoms with Crippen LogP contribution in [0.1, 0.15) is 68.6 Å². The zero-order chi connectivity index (χ0) is 19.6. The number of thioether (sulfide) groups is 1. The van der Waals surface area contributed by atoms with Crippen molar-refractivity contribution >= 4 is 29.3 Å². The Kier molecular flexibility index (Phi) is 5.97. The second kappa shape index (κ2) is 8.46. The number of likely N-dealkylation sites (tertiary alicyclic amines) is 1. The number of rotatable bonds is 4. The highest BCUT2D eigenvalue weighted by atomic mass is 32.2. The van der Waals surface area contributed by atoms with Gasteiger partial charge in [-0.15, -0.1) is 11.8 Å². The van der Waals surface area contributed by atoms with Crippen molar-refractivity contribution in [2.75, 3.05) is 25.0 Å². The largest absolute Gasteiger partial charge is 0.350 e. The predicted octanol–water partition coefficient (Wildman–Crippen LogP) is 4.04. The van der Waals surface area contributed by atoms with E-state index in [4.69, 9.17) is 0 Å². The van der Waals surface area contributed by atoms with E-state index in [9.17, 15) is 9.59 Å². The van der Waals surface area contributed by atoms with Gasteiger partial charge < -0.3 is 10.6 Å². The number of nitrogens with zero attached hydrogens (tertiary/aromatic N) is 1. The number of hydrogen-bond donors (Lipinski definition) is 2. The molecule has 1 saturated heterocycles. The molecule has 1 aromatic carbocycles. The summed E-state index contributed by atoms with van der Waals surface area (Å²) in [6.45, 7) is 4.95. The van der Waals surface area contributed by atoms with Crippen molar-refractivity contribution in [2.24, 2.45) is 0 Å². The number of carbonyl (C=O) groups is 2. The standard InChI is InChI=1S/C22H31N3O2S/c1-16-20(26)24-18-14-17(8-9-19(18)28-16)21(27)23-15-22(10-4-2-5-11-22)25-12-6-3-7-13-25/h8-9,14,16H,2-7,10-13,15H2,1H3,(H,23,27)(H,24,26). The van der Waals surface area contributed by atoms with Gasteiger partial charge in [-0.05, 0) is 63.9 Å². The second-order valence-corrected chi connectivity index (χ2v) is 9.86. The molecule has 1 aromatic rings. The Morgan fingerprint density at radius 2 is 1.89 bits per heavy atom. The fourth-order valence-electron chi connectivity index (χ4n) is 4.88. The van der Waals surface area contributed by atoms with Crippen LogP contribution in [0.15, 0.2) is 23.1 Å². The van der Waals surface area contributed by atoms with E-state index in [2.05, 4.69) is 15.5 Å². The Morgan fingerprint density at radius 3 is 2.64 bits per heavy atom. The molecule has 152 valence electrons. The SMILES string of the molecule is CC1Sc2ccc(C(=O)NCC3(N4CCCCC4)CCCCC3)cc2NC1=O. The first-order valence-corrected chi connectivity index (χ1v) is 11.6. The normalized spacial score (nSPS) is 24.9. The number of piperidine rings is 1. The number of carbonyl (C=O) groups excluding carboxylic acids is 2. The van der Waals surface area contributed by atoms with Gasteiger partial charge in [0.1, 0.15) is 0 Å². The molecule has 28 heavy (non-hydrogen) atoms. The smallest absolute Gasteiger partial charge is 0.251 e. The highest BCUT2D eigenvalue weighted by Gasteiger charge is 2.38. The van der Waals surface area contributed by atoms with Crippen molar-refractivity contribution in [3.05, 3.63) is 23.8 Å². The summed E-state index contributed by atoms with van der Waals surface area (Å²) in [5.74, 6) is -0.0380. The van der Waals surface area contributed by atoms with E-state index in [-0.39, 0.29) is 22.6 Å². The molecule has 2 heterocycles. The van der Waals surface area contributed by atoms with Gasteiger partial charge in [-0.1, -0.05) is 25.7 Å². The van der Waals surface area contributed by atoms with E-state index in [0.29, 0.717) is 5.56 Å². The summed E-state index contributed by atoms with van der Waals surface area (Å²) in [7, 11) is 0. The van der Waals surface area contributed by atoms with Gasteiger partial charge in [0.05, 0.1) is 10.9 Å². The molecule has 0 aromatic heterocycles. The Bertz CT molecular complexity index is 739. The van der Waals surface area contributed by atoms with Gasteiger partial charge in [0, 0.05) is 22.5 Å². The van der Waals surface area contributed by atoms with Crippen molar-refractivity contribution < 1.29 is 9.59 Å². The van der Waals surface area contributed by atoms with Crippen molar-refractivity contribution in [2.45, 2.75) is 74.0 Å². The Labute approximate surface area is 172 Å². The van der Waals surface area contributed by atoms with E-state index in [1.165, 1.54) is 51.4 Å². The minimum absolute atomic E-state index is 0.00122. The van der Waals surface area contributed by atoms with E-state index >= 15 is 0 Å². The molecule has 2 N–H and O–H groups in total. The fourth-order valence-corrected chi connectivity index (χ4v) is 5.81. The summed E-state index contributed by atoms with van der Waals surface area (Å²) in [4.78, 5) is 28.5. The molecule has 2 fully saturated rings. The number of nitrogens with one attached hydrogen (secondary N) is 2. The number of benzene rings is 1. The third-order valence-corrected chi connectivity index (χ3v) is 7.74. The van der Waals surface area contributed by atoms with Gasteiger partial charge in [-0.25, -0.2) is 0 Å². The molecule has 5 nitrogen and oxygen atoms in total. The molecule has 0 spiro atoms. The first kappa shape index (κ1) is 19.8. The Morgan fingerprint density at radius 1 is 1.18 bits per heavy atom. The van der Waals surface area contributed by atoms with Gasteiger partial charge in [0.15, 0.2) is 0 Å². The van der Waals surface area contributed by atoms with Crippen LogP contribution in [-0.2, 0) is 4.79 Å². The highest BCUT2D eigenvalue weighted by molar-refractivity contribution is 8.00. The molecular weight excluding hydrogens is 370 g/mol. The van der Waals surface area contributed by atoms with Gasteiger partial charge >= 0.3 is 0 Å². The molecule has 1 saturated carbocycles. The molecule has 3 aliphatic rings. The molecule has 6 heteroatoms. The summed E-state index contributed by atoms with van der Waals surface area (Å²) in [5, 5.41) is 6.06. The predicted molar refractivity (Wildman–Crippen MR) is 114 cm³/mol. The maximum absolute atomic E-state index is 12.9. The van der Waals surface area contributed by atoms with Crippen LogP contribution in [0.3, 0.4) is 0 Å². The topological polar surface area (TPSA) is 61.4 Å². The van der Waals surface area contributed by atoms with E-state index in [1.807, 2.05) is 25.1 Å². The van der Waals surface area contributed by atoms with Crippen LogP contribution in [0.25, 0.3) is 0 Å². The Hall–Kier alpha value is -1.53. The Balaban J connectivity index is 1.45. The lowest BCUT2D eigenvalue weighted by molar-refractivity contribution is -0.115. The molecule has 0 radical (unpaired) electrons. The third kappa shape index (κ3) is 4.08.